The van der Waals surface area contributed by atoms with Gasteiger partial charge >= 0.3 is 0 Å². The standard InChI is InChI=1S/C12H12ClN3O/c13-8-3-4-10(11(14)6-8)12(17)16-7-9-2-1-5-15-9/h1-6,15H,7,14H2,(H,16,17). The van der Waals surface area contributed by atoms with Gasteiger partial charge in [0.1, 0.15) is 0 Å². The molecule has 0 saturated carbocycles. The highest BCUT2D eigenvalue weighted by Gasteiger charge is 2.09. The molecule has 2 aromatic rings. The summed E-state index contributed by atoms with van der Waals surface area (Å²) in [7, 11) is 0. The lowest BCUT2D eigenvalue weighted by Crippen LogP contribution is -2.23. The summed E-state index contributed by atoms with van der Waals surface area (Å²) in [4.78, 5) is 14.8. The number of nitrogens with two attached hydrogens (primary N) is 1. The first kappa shape index (κ1) is 11.5. The van der Waals surface area contributed by atoms with Crippen LogP contribution in [0.3, 0.4) is 0 Å². The quantitative estimate of drug-likeness (QED) is 0.730. The van der Waals surface area contributed by atoms with Crippen LogP contribution in [-0.2, 0) is 6.54 Å². The molecular weight excluding hydrogens is 238 g/mol. The fraction of sp³-hybridized carbons (Fsp3) is 0.0833. The van der Waals surface area contributed by atoms with Crippen LogP contribution in [-0.4, -0.2) is 10.9 Å². The average Bonchev–Trinajstić information content (AvgIpc) is 2.78. The van der Waals surface area contributed by atoms with Crippen LogP contribution < -0.4 is 11.1 Å². The summed E-state index contributed by atoms with van der Waals surface area (Å²) >= 11 is 5.76. The second-order valence-electron chi connectivity index (χ2n) is 3.61. The Balaban J connectivity index is 2.04. The van der Waals surface area contributed by atoms with E-state index < -0.39 is 0 Å². The van der Waals surface area contributed by atoms with Gasteiger partial charge in [0.2, 0.25) is 0 Å². The molecule has 1 amide bonds. The van der Waals surface area contributed by atoms with Gasteiger partial charge in [-0.15, -0.1) is 0 Å². The smallest absolute Gasteiger partial charge is 0.253 e. The predicted octanol–water partition coefficient (Wildman–Crippen LogP) is 2.18. The SMILES string of the molecule is Nc1cc(Cl)ccc1C(=O)NCc1ccc[nH]1. The summed E-state index contributed by atoms with van der Waals surface area (Å²) in [5.74, 6) is -0.214. The molecule has 4 N–H and O–H groups in total. The molecule has 0 fully saturated rings. The number of hydrogen-bond acceptors (Lipinski definition) is 2. The van der Waals surface area contributed by atoms with E-state index in [4.69, 9.17) is 17.3 Å². The van der Waals surface area contributed by atoms with Gasteiger partial charge in [0.15, 0.2) is 0 Å². The number of benzene rings is 1. The molecule has 0 unspecified atom stereocenters. The average molecular weight is 250 g/mol. The number of carbonyl (C=O) groups excluding carboxylic acids is 1. The van der Waals surface area contributed by atoms with Crippen molar-refractivity contribution < 1.29 is 4.79 Å². The topological polar surface area (TPSA) is 70.9 Å². The third-order valence-electron chi connectivity index (χ3n) is 2.36. The zero-order chi connectivity index (χ0) is 12.3. The van der Waals surface area contributed by atoms with E-state index in [0.29, 0.717) is 22.8 Å². The van der Waals surface area contributed by atoms with Gasteiger partial charge in [0.25, 0.3) is 5.91 Å². The molecule has 0 aliphatic heterocycles. The Hall–Kier alpha value is -1.94. The van der Waals surface area contributed by atoms with E-state index in [2.05, 4.69) is 10.3 Å². The maximum Gasteiger partial charge on any atom is 0.253 e. The number of carbonyl (C=O) groups is 1. The molecule has 17 heavy (non-hydrogen) atoms. The lowest BCUT2D eigenvalue weighted by Gasteiger charge is -2.06. The fourth-order valence-electron chi connectivity index (χ4n) is 1.49. The van der Waals surface area contributed by atoms with Crippen LogP contribution in [0.4, 0.5) is 5.69 Å². The minimum Gasteiger partial charge on any atom is -0.398 e. The van der Waals surface area contributed by atoms with Gasteiger partial charge in [-0.3, -0.25) is 4.79 Å². The Kier molecular flexibility index (Phi) is 3.35. The molecule has 0 spiro atoms. The van der Waals surface area contributed by atoms with Crippen LogP contribution in [0.15, 0.2) is 36.5 Å². The van der Waals surface area contributed by atoms with Gasteiger partial charge in [-0.1, -0.05) is 11.6 Å². The monoisotopic (exact) mass is 249 g/mol. The molecule has 5 heteroatoms. The van der Waals surface area contributed by atoms with Crippen molar-refractivity contribution in [2.24, 2.45) is 0 Å². The van der Waals surface area contributed by atoms with Crippen LogP contribution in [0, 0.1) is 0 Å². The summed E-state index contributed by atoms with van der Waals surface area (Å²) in [5, 5.41) is 3.29. The fourth-order valence-corrected chi connectivity index (χ4v) is 1.67. The van der Waals surface area contributed by atoms with Crippen LogP contribution >= 0.6 is 11.6 Å². The second-order valence-corrected chi connectivity index (χ2v) is 4.05. The van der Waals surface area contributed by atoms with E-state index in [1.165, 1.54) is 0 Å². The highest BCUT2D eigenvalue weighted by Crippen LogP contribution is 2.17. The largest absolute Gasteiger partial charge is 0.398 e. The highest BCUT2D eigenvalue weighted by molar-refractivity contribution is 6.31. The molecule has 4 nitrogen and oxygen atoms in total. The first-order valence-corrected chi connectivity index (χ1v) is 5.50. The number of halogens is 1. The van der Waals surface area contributed by atoms with Crippen molar-refractivity contribution in [2.45, 2.75) is 6.54 Å². The number of nitrogens with one attached hydrogen (secondary N) is 2. The van der Waals surface area contributed by atoms with Crippen LogP contribution in [0.25, 0.3) is 0 Å². The van der Waals surface area contributed by atoms with E-state index in [9.17, 15) is 4.79 Å². The zero-order valence-corrected chi connectivity index (χ0v) is 9.79. The first-order chi connectivity index (χ1) is 8.16. The molecule has 88 valence electrons. The Bertz CT molecular complexity index is 523. The molecule has 0 aliphatic rings. The maximum absolute atomic E-state index is 11.8. The van der Waals surface area contributed by atoms with E-state index in [1.807, 2.05) is 12.1 Å². The molecule has 0 radical (unpaired) electrons. The van der Waals surface area contributed by atoms with Gasteiger partial charge < -0.3 is 16.0 Å². The number of hydrogen-bond donors (Lipinski definition) is 3. The van der Waals surface area contributed by atoms with Gasteiger partial charge in [0.05, 0.1) is 12.1 Å². The summed E-state index contributed by atoms with van der Waals surface area (Å²) in [5.41, 5.74) is 7.46. The summed E-state index contributed by atoms with van der Waals surface area (Å²) in [6, 6.07) is 8.58. The van der Waals surface area contributed by atoms with Crippen molar-refractivity contribution >= 4 is 23.2 Å². The van der Waals surface area contributed by atoms with Crippen molar-refractivity contribution in [3.63, 3.8) is 0 Å². The van der Waals surface area contributed by atoms with Crippen LogP contribution in [0.2, 0.25) is 5.02 Å². The summed E-state index contributed by atoms with van der Waals surface area (Å²) < 4.78 is 0. The minimum atomic E-state index is -0.214. The van der Waals surface area contributed by atoms with Gasteiger partial charge in [-0.2, -0.15) is 0 Å². The second kappa shape index (κ2) is 4.93. The minimum absolute atomic E-state index is 0.214. The molecule has 1 heterocycles. The maximum atomic E-state index is 11.8. The van der Waals surface area contributed by atoms with Gasteiger partial charge in [-0.25, -0.2) is 0 Å². The van der Waals surface area contributed by atoms with Crippen molar-refractivity contribution in [1.29, 1.82) is 0 Å². The Morgan fingerprint density at radius 3 is 2.88 bits per heavy atom. The molecule has 0 bridgehead atoms. The highest BCUT2D eigenvalue weighted by atomic mass is 35.5. The normalized spacial score (nSPS) is 10.2. The number of aromatic nitrogens is 1. The van der Waals surface area contributed by atoms with E-state index in [0.717, 1.165) is 5.69 Å². The van der Waals surface area contributed by atoms with Crippen LogP contribution in [0.1, 0.15) is 16.1 Å². The van der Waals surface area contributed by atoms with E-state index in [-0.39, 0.29) is 5.91 Å². The summed E-state index contributed by atoms with van der Waals surface area (Å²) in [6.45, 7) is 0.438. The van der Waals surface area contributed by atoms with Crippen LogP contribution in [0.5, 0.6) is 0 Å². The van der Waals surface area contributed by atoms with E-state index in [1.54, 1.807) is 24.4 Å². The van der Waals surface area contributed by atoms with Crippen molar-refractivity contribution in [1.82, 2.24) is 10.3 Å². The molecule has 0 aliphatic carbocycles. The molecule has 1 aromatic carbocycles. The molecule has 0 atom stereocenters. The molecular formula is C12H12ClN3O. The third kappa shape index (κ3) is 2.79. The van der Waals surface area contributed by atoms with Crippen molar-refractivity contribution in [3.05, 3.63) is 52.8 Å². The number of aromatic amines is 1. The predicted molar refractivity (Wildman–Crippen MR) is 67.8 cm³/mol. The Labute approximate surface area is 104 Å². The number of anilines is 1. The molecule has 0 saturated heterocycles. The van der Waals surface area contributed by atoms with E-state index >= 15 is 0 Å². The zero-order valence-electron chi connectivity index (χ0n) is 9.03. The third-order valence-corrected chi connectivity index (χ3v) is 2.60. The first-order valence-electron chi connectivity index (χ1n) is 5.12. The summed E-state index contributed by atoms with van der Waals surface area (Å²) in [6.07, 6.45) is 1.80. The van der Waals surface area contributed by atoms with Crippen molar-refractivity contribution in [3.8, 4) is 0 Å². The number of amides is 1. The Morgan fingerprint density at radius 2 is 2.24 bits per heavy atom. The van der Waals surface area contributed by atoms with Gasteiger partial charge in [0, 0.05) is 22.6 Å². The molecule has 2 rings (SSSR count). The lowest BCUT2D eigenvalue weighted by molar-refractivity contribution is 0.0951. The number of rotatable bonds is 3. The number of H-pyrrole nitrogens is 1. The molecule has 1 aromatic heterocycles. The van der Waals surface area contributed by atoms with Crippen molar-refractivity contribution in [2.75, 3.05) is 5.73 Å². The lowest BCUT2D eigenvalue weighted by atomic mass is 10.1. The number of nitrogen functional groups attached to an aromatic ring is 1. The van der Waals surface area contributed by atoms with Gasteiger partial charge in [-0.05, 0) is 30.3 Å². The Morgan fingerprint density at radius 1 is 1.41 bits per heavy atom.